The van der Waals surface area contributed by atoms with Crippen molar-refractivity contribution in [2.24, 2.45) is 0 Å². The zero-order valence-corrected chi connectivity index (χ0v) is 13.6. The minimum absolute atomic E-state index is 0.745. The van der Waals surface area contributed by atoms with Crippen molar-refractivity contribution >= 4 is 27.4 Å². The second kappa shape index (κ2) is 6.13. The fourth-order valence-corrected chi connectivity index (χ4v) is 2.11. The lowest BCUT2D eigenvalue weighted by Crippen LogP contribution is -2.12. The van der Waals surface area contributed by atoms with E-state index in [0.717, 1.165) is 33.0 Å². The van der Waals surface area contributed by atoms with E-state index >= 15 is 0 Å². The molecule has 0 saturated heterocycles. The highest BCUT2D eigenvalue weighted by atomic mass is 79.9. The molecule has 2 rings (SSSR count). The van der Waals surface area contributed by atoms with Gasteiger partial charge in [-0.2, -0.15) is 0 Å². The molecule has 0 atom stereocenters. The molecule has 106 valence electrons. The van der Waals surface area contributed by atoms with Crippen molar-refractivity contribution in [3.8, 4) is 11.5 Å². The molecule has 20 heavy (non-hydrogen) atoms. The van der Waals surface area contributed by atoms with Gasteiger partial charge in [0.25, 0.3) is 0 Å². The highest BCUT2D eigenvalue weighted by molar-refractivity contribution is 9.10. The standard InChI is InChI=1S/C15H17BrN2O2/c1-10-7-15(17-9-12(10)16)18(2)13-6-5-11(19-3)8-14(13)20-4/h5-9H,1-4H3. The average Bonchev–Trinajstić information content (AvgIpc) is 2.48. The van der Waals surface area contributed by atoms with E-state index in [1.807, 2.05) is 43.1 Å². The maximum Gasteiger partial charge on any atom is 0.146 e. The molecule has 0 radical (unpaired) electrons. The van der Waals surface area contributed by atoms with Crippen molar-refractivity contribution in [1.82, 2.24) is 4.98 Å². The summed E-state index contributed by atoms with van der Waals surface area (Å²) in [5, 5.41) is 0. The quantitative estimate of drug-likeness (QED) is 0.846. The van der Waals surface area contributed by atoms with Crippen LogP contribution in [0.3, 0.4) is 0 Å². The summed E-state index contributed by atoms with van der Waals surface area (Å²) in [6.45, 7) is 2.04. The molecular formula is C15H17BrN2O2. The number of halogens is 1. The third kappa shape index (κ3) is 2.88. The van der Waals surface area contributed by atoms with Gasteiger partial charge < -0.3 is 14.4 Å². The number of nitrogens with zero attached hydrogens (tertiary/aromatic N) is 2. The van der Waals surface area contributed by atoms with Gasteiger partial charge in [-0.25, -0.2) is 4.98 Å². The van der Waals surface area contributed by atoms with Crippen LogP contribution in [0.4, 0.5) is 11.5 Å². The largest absolute Gasteiger partial charge is 0.497 e. The summed E-state index contributed by atoms with van der Waals surface area (Å²) in [7, 11) is 5.24. The zero-order valence-electron chi connectivity index (χ0n) is 12.0. The minimum Gasteiger partial charge on any atom is -0.497 e. The molecule has 0 N–H and O–H groups in total. The smallest absolute Gasteiger partial charge is 0.146 e. The minimum atomic E-state index is 0.745. The Morgan fingerprint density at radius 1 is 1.15 bits per heavy atom. The molecule has 0 saturated carbocycles. The zero-order chi connectivity index (χ0) is 14.7. The molecule has 0 aliphatic rings. The first-order valence-corrected chi connectivity index (χ1v) is 6.94. The van der Waals surface area contributed by atoms with E-state index < -0.39 is 0 Å². The van der Waals surface area contributed by atoms with Gasteiger partial charge in [-0.1, -0.05) is 0 Å². The van der Waals surface area contributed by atoms with Crippen LogP contribution in [0, 0.1) is 6.92 Å². The number of aryl methyl sites for hydroxylation is 1. The van der Waals surface area contributed by atoms with Gasteiger partial charge in [0.2, 0.25) is 0 Å². The van der Waals surface area contributed by atoms with E-state index in [1.54, 1.807) is 20.4 Å². The summed E-state index contributed by atoms with van der Waals surface area (Å²) >= 11 is 3.46. The maximum absolute atomic E-state index is 5.43. The molecule has 0 unspecified atom stereocenters. The number of aromatic nitrogens is 1. The van der Waals surface area contributed by atoms with Crippen LogP contribution in [0.2, 0.25) is 0 Å². The van der Waals surface area contributed by atoms with E-state index in [2.05, 4.69) is 20.9 Å². The average molecular weight is 337 g/mol. The van der Waals surface area contributed by atoms with Gasteiger partial charge in [-0.3, -0.25) is 0 Å². The Hall–Kier alpha value is -1.75. The first kappa shape index (κ1) is 14.7. The highest BCUT2D eigenvalue weighted by Crippen LogP contribution is 2.35. The van der Waals surface area contributed by atoms with Crippen LogP contribution in [-0.4, -0.2) is 26.3 Å². The summed E-state index contributed by atoms with van der Waals surface area (Å²) in [5.74, 6) is 2.36. The van der Waals surface area contributed by atoms with E-state index in [1.165, 1.54) is 0 Å². The summed E-state index contributed by atoms with van der Waals surface area (Å²) in [6.07, 6.45) is 1.80. The number of ether oxygens (including phenoxy) is 2. The lowest BCUT2D eigenvalue weighted by Gasteiger charge is -2.21. The van der Waals surface area contributed by atoms with Crippen molar-refractivity contribution in [3.63, 3.8) is 0 Å². The molecule has 0 aliphatic heterocycles. The number of hydrogen-bond donors (Lipinski definition) is 0. The Morgan fingerprint density at radius 3 is 2.50 bits per heavy atom. The molecular weight excluding hydrogens is 320 g/mol. The number of rotatable bonds is 4. The topological polar surface area (TPSA) is 34.6 Å². The normalized spacial score (nSPS) is 10.2. The Bertz CT molecular complexity index is 617. The number of hydrogen-bond acceptors (Lipinski definition) is 4. The highest BCUT2D eigenvalue weighted by Gasteiger charge is 2.13. The predicted molar refractivity (Wildman–Crippen MR) is 84.3 cm³/mol. The third-order valence-corrected chi connectivity index (χ3v) is 3.95. The van der Waals surface area contributed by atoms with Gasteiger partial charge in [0.15, 0.2) is 0 Å². The predicted octanol–water partition coefficient (Wildman–Crippen LogP) is 3.94. The summed E-state index contributed by atoms with van der Waals surface area (Å²) in [5.41, 5.74) is 2.07. The molecule has 1 heterocycles. The van der Waals surface area contributed by atoms with E-state index in [4.69, 9.17) is 9.47 Å². The molecule has 2 aromatic rings. The number of anilines is 2. The van der Waals surface area contributed by atoms with Gasteiger partial charge >= 0.3 is 0 Å². The Kier molecular flexibility index (Phi) is 4.49. The van der Waals surface area contributed by atoms with Crippen LogP contribution < -0.4 is 14.4 Å². The summed E-state index contributed by atoms with van der Waals surface area (Å²) < 4.78 is 11.6. The first-order valence-electron chi connectivity index (χ1n) is 6.14. The molecule has 4 nitrogen and oxygen atoms in total. The van der Waals surface area contributed by atoms with E-state index in [9.17, 15) is 0 Å². The Labute approximate surface area is 127 Å². The molecule has 5 heteroatoms. The maximum atomic E-state index is 5.43. The van der Waals surface area contributed by atoms with Crippen molar-refractivity contribution in [2.75, 3.05) is 26.2 Å². The summed E-state index contributed by atoms with van der Waals surface area (Å²) in [4.78, 5) is 6.41. The van der Waals surface area contributed by atoms with Crippen molar-refractivity contribution in [3.05, 3.63) is 40.5 Å². The molecule has 1 aromatic heterocycles. The Morgan fingerprint density at radius 2 is 1.90 bits per heavy atom. The monoisotopic (exact) mass is 336 g/mol. The number of benzene rings is 1. The van der Waals surface area contributed by atoms with E-state index in [0.29, 0.717) is 0 Å². The van der Waals surface area contributed by atoms with Gasteiger partial charge in [-0.05, 0) is 46.6 Å². The van der Waals surface area contributed by atoms with Crippen LogP contribution in [-0.2, 0) is 0 Å². The second-order valence-electron chi connectivity index (χ2n) is 4.39. The van der Waals surface area contributed by atoms with Crippen LogP contribution in [0.5, 0.6) is 11.5 Å². The molecule has 0 aliphatic carbocycles. The molecule has 0 amide bonds. The molecule has 0 bridgehead atoms. The number of methoxy groups -OCH3 is 2. The lowest BCUT2D eigenvalue weighted by molar-refractivity contribution is 0.395. The lowest BCUT2D eigenvalue weighted by atomic mass is 10.2. The van der Waals surface area contributed by atoms with Crippen molar-refractivity contribution in [1.29, 1.82) is 0 Å². The van der Waals surface area contributed by atoms with Gasteiger partial charge in [0, 0.05) is 23.8 Å². The van der Waals surface area contributed by atoms with Gasteiger partial charge in [-0.15, -0.1) is 0 Å². The molecule has 0 spiro atoms. The van der Waals surface area contributed by atoms with Crippen LogP contribution in [0.1, 0.15) is 5.56 Å². The number of pyridine rings is 1. The summed E-state index contributed by atoms with van der Waals surface area (Å²) in [6, 6.07) is 7.74. The van der Waals surface area contributed by atoms with Crippen LogP contribution in [0.25, 0.3) is 0 Å². The van der Waals surface area contributed by atoms with Crippen molar-refractivity contribution < 1.29 is 9.47 Å². The second-order valence-corrected chi connectivity index (χ2v) is 5.24. The SMILES string of the molecule is COc1ccc(N(C)c2cc(C)c(Br)cn2)c(OC)c1. The van der Waals surface area contributed by atoms with Crippen molar-refractivity contribution in [2.45, 2.75) is 6.92 Å². The molecule has 0 fully saturated rings. The van der Waals surface area contributed by atoms with Crippen LogP contribution >= 0.6 is 15.9 Å². The van der Waals surface area contributed by atoms with E-state index in [-0.39, 0.29) is 0 Å². The fraction of sp³-hybridized carbons (Fsp3) is 0.267. The van der Waals surface area contributed by atoms with Gasteiger partial charge in [0.1, 0.15) is 17.3 Å². The fourth-order valence-electron chi connectivity index (χ4n) is 1.89. The molecule has 1 aromatic carbocycles. The first-order chi connectivity index (χ1) is 9.56. The Balaban J connectivity index is 2.41. The third-order valence-electron chi connectivity index (χ3n) is 3.12. The van der Waals surface area contributed by atoms with Gasteiger partial charge in [0.05, 0.1) is 19.9 Å². The van der Waals surface area contributed by atoms with Crippen LogP contribution in [0.15, 0.2) is 34.9 Å².